The zero-order chi connectivity index (χ0) is 16.0. The third kappa shape index (κ3) is 6.44. The average molecular weight is 309 g/mol. The smallest absolute Gasteiger partial charge is 0.276 e. The van der Waals surface area contributed by atoms with Crippen molar-refractivity contribution in [2.75, 3.05) is 6.61 Å². The highest BCUT2D eigenvalue weighted by molar-refractivity contribution is 7.80. The topological polar surface area (TPSA) is 62.4 Å². The number of nitrogens with one attached hydrogen (secondary N) is 3. The molecule has 0 unspecified atom stereocenters. The van der Waals surface area contributed by atoms with Gasteiger partial charge in [-0.1, -0.05) is 12.1 Å². The van der Waals surface area contributed by atoms with Crippen molar-refractivity contribution in [1.82, 2.24) is 16.2 Å². The van der Waals surface area contributed by atoms with Crippen molar-refractivity contribution in [3.05, 3.63) is 29.3 Å². The standard InChI is InChI=1S/C15H23N3O2S/c1-10-7-6-8-12(11(10)2)20-9-13(19)17-18-14(21)16-15(3,4)5/h6-8H,9H2,1-5H3,(H,17,19)(H2,16,18,21). The molecule has 0 spiro atoms. The van der Waals surface area contributed by atoms with E-state index < -0.39 is 0 Å². The maximum absolute atomic E-state index is 11.7. The molecule has 21 heavy (non-hydrogen) atoms. The predicted octanol–water partition coefficient (Wildman–Crippen LogP) is 1.98. The van der Waals surface area contributed by atoms with Gasteiger partial charge in [-0.25, -0.2) is 0 Å². The Hall–Kier alpha value is -1.82. The quantitative estimate of drug-likeness (QED) is 0.589. The first kappa shape index (κ1) is 17.2. The van der Waals surface area contributed by atoms with Gasteiger partial charge in [-0.05, 0) is 64.0 Å². The van der Waals surface area contributed by atoms with Gasteiger partial charge in [-0.2, -0.15) is 0 Å². The van der Waals surface area contributed by atoms with Gasteiger partial charge in [-0.15, -0.1) is 0 Å². The Kier molecular flexibility index (Phi) is 5.96. The van der Waals surface area contributed by atoms with Gasteiger partial charge in [0.1, 0.15) is 5.75 Å². The fourth-order valence-electron chi connectivity index (χ4n) is 1.56. The van der Waals surface area contributed by atoms with E-state index in [1.807, 2.05) is 52.8 Å². The fraction of sp³-hybridized carbons (Fsp3) is 0.467. The van der Waals surface area contributed by atoms with Crippen LogP contribution in [0.3, 0.4) is 0 Å². The van der Waals surface area contributed by atoms with Gasteiger partial charge in [-0.3, -0.25) is 15.6 Å². The van der Waals surface area contributed by atoms with Crippen LogP contribution < -0.4 is 20.9 Å². The number of hydrogen-bond donors (Lipinski definition) is 3. The molecular weight excluding hydrogens is 286 g/mol. The SMILES string of the molecule is Cc1cccc(OCC(=O)NNC(=S)NC(C)(C)C)c1C. The first-order valence-electron chi connectivity index (χ1n) is 6.75. The molecule has 0 aliphatic carbocycles. The molecule has 116 valence electrons. The minimum absolute atomic E-state index is 0.0740. The third-order valence-electron chi connectivity index (χ3n) is 2.72. The summed E-state index contributed by atoms with van der Waals surface area (Å²) in [7, 11) is 0. The molecular formula is C15H23N3O2S. The molecule has 0 aliphatic rings. The van der Waals surface area contributed by atoms with Crippen LogP contribution in [0.2, 0.25) is 0 Å². The lowest BCUT2D eigenvalue weighted by atomic mass is 10.1. The van der Waals surface area contributed by atoms with Crippen LogP contribution >= 0.6 is 12.2 Å². The predicted molar refractivity (Wildman–Crippen MR) is 88.2 cm³/mol. The van der Waals surface area contributed by atoms with E-state index in [1.54, 1.807) is 0 Å². The molecule has 0 fully saturated rings. The summed E-state index contributed by atoms with van der Waals surface area (Å²) < 4.78 is 5.50. The number of thiocarbonyl (C=S) groups is 1. The number of ether oxygens (including phenoxy) is 1. The first-order valence-corrected chi connectivity index (χ1v) is 7.16. The normalized spacial score (nSPS) is 10.7. The number of hydrogen-bond acceptors (Lipinski definition) is 3. The summed E-state index contributed by atoms with van der Waals surface area (Å²) in [6.07, 6.45) is 0. The summed E-state index contributed by atoms with van der Waals surface area (Å²) >= 11 is 5.06. The van der Waals surface area contributed by atoms with Gasteiger partial charge in [0, 0.05) is 5.54 Å². The van der Waals surface area contributed by atoms with Gasteiger partial charge in [0.2, 0.25) is 0 Å². The van der Waals surface area contributed by atoms with Crippen molar-refractivity contribution in [2.45, 2.75) is 40.2 Å². The second-order valence-electron chi connectivity index (χ2n) is 5.86. The van der Waals surface area contributed by atoms with Gasteiger partial charge < -0.3 is 10.1 Å². The highest BCUT2D eigenvalue weighted by Crippen LogP contribution is 2.20. The van der Waals surface area contributed by atoms with Crippen molar-refractivity contribution < 1.29 is 9.53 Å². The monoisotopic (exact) mass is 309 g/mol. The maximum atomic E-state index is 11.7. The van der Waals surface area contributed by atoms with Crippen LogP contribution in [0.5, 0.6) is 5.75 Å². The van der Waals surface area contributed by atoms with Crippen molar-refractivity contribution in [2.24, 2.45) is 0 Å². The van der Waals surface area contributed by atoms with Crippen LogP contribution in [0.15, 0.2) is 18.2 Å². The van der Waals surface area contributed by atoms with Crippen molar-refractivity contribution in [3.8, 4) is 5.75 Å². The molecule has 0 radical (unpaired) electrons. The number of hydrazine groups is 1. The Labute approximate surface area is 131 Å². The molecule has 3 N–H and O–H groups in total. The van der Waals surface area contributed by atoms with E-state index in [-0.39, 0.29) is 18.1 Å². The van der Waals surface area contributed by atoms with E-state index in [0.29, 0.717) is 10.9 Å². The first-order chi connectivity index (χ1) is 9.69. The lowest BCUT2D eigenvalue weighted by Crippen LogP contribution is -2.53. The molecule has 0 aliphatic heterocycles. The van der Waals surface area contributed by atoms with Crippen LogP contribution in [-0.4, -0.2) is 23.2 Å². The summed E-state index contributed by atoms with van der Waals surface area (Å²) in [5.74, 6) is 0.412. The van der Waals surface area contributed by atoms with Gasteiger partial charge >= 0.3 is 0 Å². The van der Waals surface area contributed by atoms with Crippen LogP contribution in [-0.2, 0) is 4.79 Å². The van der Waals surface area contributed by atoms with Gasteiger partial charge in [0.05, 0.1) is 0 Å². The molecule has 6 heteroatoms. The van der Waals surface area contributed by atoms with Crippen LogP contribution in [0.25, 0.3) is 0 Å². The van der Waals surface area contributed by atoms with E-state index in [0.717, 1.165) is 11.1 Å². The molecule has 1 aromatic rings. The lowest BCUT2D eigenvalue weighted by molar-refractivity contribution is -0.123. The highest BCUT2D eigenvalue weighted by Gasteiger charge is 2.11. The summed E-state index contributed by atoms with van der Waals surface area (Å²) in [5, 5.41) is 3.39. The number of benzene rings is 1. The second kappa shape index (κ2) is 7.26. The number of rotatable bonds is 3. The summed E-state index contributed by atoms with van der Waals surface area (Å²) in [5.41, 5.74) is 7.13. The van der Waals surface area contributed by atoms with E-state index in [9.17, 15) is 4.79 Å². The molecule has 0 saturated heterocycles. The molecule has 0 heterocycles. The zero-order valence-corrected chi connectivity index (χ0v) is 14.0. The van der Waals surface area contributed by atoms with Crippen molar-refractivity contribution >= 4 is 23.2 Å². The molecule has 0 saturated carbocycles. The summed E-state index contributed by atoms with van der Waals surface area (Å²) in [6.45, 7) is 9.82. The molecule has 1 aromatic carbocycles. The minimum Gasteiger partial charge on any atom is -0.483 e. The van der Waals surface area contributed by atoms with E-state index in [4.69, 9.17) is 17.0 Å². The Bertz CT molecular complexity index is 524. The largest absolute Gasteiger partial charge is 0.483 e. The Balaban J connectivity index is 2.38. The third-order valence-corrected chi connectivity index (χ3v) is 2.92. The molecule has 5 nitrogen and oxygen atoms in total. The molecule has 1 rings (SSSR count). The Morgan fingerprint density at radius 1 is 1.24 bits per heavy atom. The molecule has 0 atom stereocenters. The average Bonchev–Trinajstić information content (AvgIpc) is 2.36. The molecule has 0 aromatic heterocycles. The molecule has 1 amide bonds. The number of aryl methyl sites for hydroxylation is 1. The van der Waals surface area contributed by atoms with Crippen LogP contribution in [0.1, 0.15) is 31.9 Å². The van der Waals surface area contributed by atoms with E-state index in [2.05, 4.69) is 16.2 Å². The molecule has 0 bridgehead atoms. The lowest BCUT2D eigenvalue weighted by Gasteiger charge is -2.23. The van der Waals surface area contributed by atoms with Crippen LogP contribution in [0, 0.1) is 13.8 Å². The summed E-state index contributed by atoms with van der Waals surface area (Å²) in [4.78, 5) is 11.7. The minimum atomic E-state index is -0.297. The maximum Gasteiger partial charge on any atom is 0.276 e. The Morgan fingerprint density at radius 3 is 2.52 bits per heavy atom. The van der Waals surface area contributed by atoms with Crippen LogP contribution in [0.4, 0.5) is 0 Å². The fourth-order valence-corrected chi connectivity index (χ4v) is 1.92. The van der Waals surface area contributed by atoms with E-state index >= 15 is 0 Å². The van der Waals surface area contributed by atoms with Crippen molar-refractivity contribution in [1.29, 1.82) is 0 Å². The van der Waals surface area contributed by atoms with E-state index in [1.165, 1.54) is 0 Å². The van der Waals surface area contributed by atoms with Gasteiger partial charge in [0.25, 0.3) is 5.91 Å². The Morgan fingerprint density at radius 2 is 1.90 bits per heavy atom. The van der Waals surface area contributed by atoms with Gasteiger partial charge in [0.15, 0.2) is 11.7 Å². The number of amides is 1. The second-order valence-corrected chi connectivity index (χ2v) is 6.27. The highest BCUT2D eigenvalue weighted by atomic mass is 32.1. The van der Waals surface area contributed by atoms with Crippen molar-refractivity contribution in [3.63, 3.8) is 0 Å². The zero-order valence-electron chi connectivity index (χ0n) is 13.2. The number of carbonyl (C=O) groups is 1. The number of carbonyl (C=O) groups excluding carboxylic acids is 1. The summed E-state index contributed by atoms with van der Waals surface area (Å²) in [6, 6.07) is 5.74.